The third-order valence-electron chi connectivity index (χ3n) is 5.96. The van der Waals surface area contributed by atoms with Crippen LogP contribution in [0.1, 0.15) is 38.9 Å². The maximum Gasteiger partial charge on any atom is 0.246 e. The van der Waals surface area contributed by atoms with Crippen LogP contribution >= 0.6 is 0 Å². The normalized spacial score (nSPS) is 28.4. The average Bonchev–Trinajstić information content (AvgIpc) is 3.04. The number of nitrogens with zero attached hydrogens (tertiary/aromatic N) is 3. The van der Waals surface area contributed by atoms with Gasteiger partial charge in [0.15, 0.2) is 0 Å². The lowest BCUT2D eigenvalue weighted by Gasteiger charge is -2.53. The highest BCUT2D eigenvalue weighted by atomic mass is 16.5. The molecule has 2 N–H and O–H groups in total. The number of aromatic nitrogens is 2. The molecule has 2 aliphatic rings. The van der Waals surface area contributed by atoms with Crippen LogP contribution in [0.15, 0.2) is 12.4 Å². The number of aryl methyl sites for hydroxylation is 1. The van der Waals surface area contributed by atoms with E-state index in [0.29, 0.717) is 19.6 Å². The van der Waals surface area contributed by atoms with Crippen molar-refractivity contribution in [2.45, 2.75) is 56.9 Å². The van der Waals surface area contributed by atoms with Crippen LogP contribution in [0.25, 0.3) is 0 Å². The van der Waals surface area contributed by atoms with Crippen molar-refractivity contribution in [2.24, 2.45) is 7.05 Å². The van der Waals surface area contributed by atoms with Gasteiger partial charge in [0.05, 0.1) is 17.7 Å². The van der Waals surface area contributed by atoms with E-state index in [-0.39, 0.29) is 12.5 Å². The lowest BCUT2D eigenvalue weighted by molar-refractivity contribution is -0.208. The summed E-state index contributed by atoms with van der Waals surface area (Å²) in [7, 11) is 2.00. The van der Waals surface area contributed by atoms with E-state index in [1.54, 1.807) is 0 Å². The van der Waals surface area contributed by atoms with Crippen LogP contribution in [0, 0.1) is 0 Å². The Labute approximate surface area is 160 Å². The highest BCUT2D eigenvalue weighted by Crippen LogP contribution is 2.40. The van der Waals surface area contributed by atoms with Crippen LogP contribution in [0.2, 0.25) is 0 Å². The number of nitrogens with one attached hydrogen (secondary N) is 1. The summed E-state index contributed by atoms with van der Waals surface area (Å²) in [6.07, 6.45) is 5.06. The Morgan fingerprint density at radius 3 is 2.81 bits per heavy atom. The van der Waals surface area contributed by atoms with E-state index in [1.165, 1.54) is 0 Å². The number of piperidine rings is 1. The molecule has 0 aliphatic carbocycles. The lowest BCUT2D eigenvalue weighted by atomic mass is 9.73. The maximum atomic E-state index is 12.1. The van der Waals surface area contributed by atoms with E-state index in [9.17, 15) is 9.90 Å². The van der Waals surface area contributed by atoms with Crippen LogP contribution in [0.5, 0.6) is 0 Å². The van der Waals surface area contributed by atoms with E-state index in [1.807, 2.05) is 37.9 Å². The number of carbonyl (C=O) groups excluding carboxylic acids is 1. The summed E-state index contributed by atoms with van der Waals surface area (Å²) < 4.78 is 13.3. The molecule has 8 heteroatoms. The predicted octanol–water partition coefficient (Wildman–Crippen LogP) is 0.447. The van der Waals surface area contributed by atoms with E-state index in [2.05, 4.69) is 15.2 Å². The number of amides is 1. The first-order valence-electron chi connectivity index (χ1n) is 9.78. The molecule has 152 valence electrons. The SMILES string of the molecule is CCOCC(=O)N[C@@]1(C)CCOC2(CCN(Cc3nccn3C)CC2)[C@@H]1O. The van der Waals surface area contributed by atoms with Gasteiger partial charge in [-0.1, -0.05) is 0 Å². The quantitative estimate of drug-likeness (QED) is 0.745. The smallest absolute Gasteiger partial charge is 0.246 e. The van der Waals surface area contributed by atoms with Crippen molar-refractivity contribution < 1.29 is 19.4 Å². The van der Waals surface area contributed by atoms with E-state index >= 15 is 0 Å². The molecule has 3 heterocycles. The highest BCUT2D eigenvalue weighted by Gasteiger charge is 2.53. The molecule has 0 unspecified atom stereocenters. The minimum Gasteiger partial charge on any atom is -0.388 e. The molecule has 3 rings (SSSR count). The molecule has 0 bridgehead atoms. The summed E-state index contributed by atoms with van der Waals surface area (Å²) in [5.41, 5.74) is -1.31. The predicted molar refractivity (Wildman–Crippen MR) is 100 cm³/mol. The van der Waals surface area contributed by atoms with Crippen LogP contribution in [-0.4, -0.2) is 75.6 Å². The molecular weight excluding hydrogens is 348 g/mol. The molecule has 1 aromatic rings. The van der Waals surface area contributed by atoms with Crippen molar-refractivity contribution in [3.8, 4) is 0 Å². The second kappa shape index (κ2) is 8.26. The van der Waals surface area contributed by atoms with Crippen LogP contribution in [-0.2, 0) is 27.9 Å². The zero-order chi connectivity index (χ0) is 19.5. The van der Waals surface area contributed by atoms with E-state index in [0.717, 1.165) is 38.3 Å². The van der Waals surface area contributed by atoms with Gasteiger partial charge in [-0.3, -0.25) is 9.69 Å². The molecular formula is C19H32N4O4. The third kappa shape index (κ3) is 4.34. The molecule has 0 radical (unpaired) electrons. The van der Waals surface area contributed by atoms with Crippen molar-refractivity contribution in [3.63, 3.8) is 0 Å². The van der Waals surface area contributed by atoms with Gasteiger partial charge >= 0.3 is 0 Å². The van der Waals surface area contributed by atoms with Crippen molar-refractivity contribution >= 4 is 5.91 Å². The van der Waals surface area contributed by atoms with Gasteiger partial charge in [-0.25, -0.2) is 4.98 Å². The molecule has 1 spiro atoms. The monoisotopic (exact) mass is 380 g/mol. The Kier molecular flexibility index (Phi) is 6.20. The Balaban J connectivity index is 1.61. The van der Waals surface area contributed by atoms with Gasteiger partial charge in [0.2, 0.25) is 5.91 Å². The van der Waals surface area contributed by atoms with Crippen molar-refractivity contribution in [3.05, 3.63) is 18.2 Å². The number of rotatable bonds is 6. The third-order valence-corrected chi connectivity index (χ3v) is 5.96. The number of hydrogen-bond donors (Lipinski definition) is 2. The number of hydrogen-bond acceptors (Lipinski definition) is 6. The van der Waals surface area contributed by atoms with Crippen LogP contribution in [0.3, 0.4) is 0 Å². The maximum absolute atomic E-state index is 12.1. The fourth-order valence-electron chi connectivity index (χ4n) is 4.20. The van der Waals surface area contributed by atoms with Crippen molar-refractivity contribution in [1.82, 2.24) is 19.8 Å². The minimum absolute atomic E-state index is 0.0180. The van der Waals surface area contributed by atoms with E-state index in [4.69, 9.17) is 9.47 Å². The van der Waals surface area contributed by atoms with E-state index < -0.39 is 17.2 Å². The number of aliphatic hydroxyl groups is 1. The minimum atomic E-state index is -0.750. The summed E-state index contributed by atoms with van der Waals surface area (Å²) in [5, 5.41) is 14.1. The Bertz CT molecular complexity index is 641. The first-order chi connectivity index (χ1) is 12.9. The van der Waals surface area contributed by atoms with Crippen LogP contribution < -0.4 is 5.32 Å². The average molecular weight is 380 g/mol. The second-order valence-corrected chi connectivity index (χ2v) is 7.90. The largest absolute Gasteiger partial charge is 0.388 e. The molecule has 8 nitrogen and oxygen atoms in total. The first kappa shape index (κ1) is 20.3. The molecule has 27 heavy (non-hydrogen) atoms. The molecule has 0 saturated carbocycles. The number of carbonyl (C=O) groups is 1. The zero-order valence-corrected chi connectivity index (χ0v) is 16.6. The lowest BCUT2D eigenvalue weighted by Crippen LogP contribution is -2.69. The number of ether oxygens (including phenoxy) is 2. The highest BCUT2D eigenvalue weighted by molar-refractivity contribution is 5.78. The fraction of sp³-hybridized carbons (Fsp3) is 0.789. The van der Waals surface area contributed by atoms with Gasteiger partial charge < -0.3 is 24.5 Å². The Morgan fingerprint density at radius 2 is 2.19 bits per heavy atom. The molecule has 1 amide bonds. The van der Waals surface area contributed by atoms with Gasteiger partial charge in [-0.05, 0) is 33.1 Å². The Morgan fingerprint density at radius 1 is 1.44 bits per heavy atom. The topological polar surface area (TPSA) is 88.9 Å². The fourth-order valence-corrected chi connectivity index (χ4v) is 4.20. The second-order valence-electron chi connectivity index (χ2n) is 7.90. The molecule has 2 aliphatic heterocycles. The van der Waals surface area contributed by atoms with Crippen molar-refractivity contribution in [1.29, 1.82) is 0 Å². The van der Waals surface area contributed by atoms with Gasteiger partial charge in [0, 0.05) is 45.7 Å². The molecule has 2 fully saturated rings. The van der Waals surface area contributed by atoms with Gasteiger partial charge in [-0.15, -0.1) is 0 Å². The number of likely N-dealkylation sites (tertiary alicyclic amines) is 1. The molecule has 0 aromatic carbocycles. The zero-order valence-electron chi connectivity index (χ0n) is 16.6. The molecule has 2 saturated heterocycles. The molecule has 1 aromatic heterocycles. The summed E-state index contributed by atoms with van der Waals surface area (Å²) in [4.78, 5) is 18.9. The standard InChI is InChI=1S/C19H32N4O4/c1-4-26-14-16(24)21-18(2)7-12-27-19(17(18)25)5-9-23(10-6-19)13-15-20-8-11-22(15)3/h8,11,17,25H,4-7,9-10,12-14H2,1-3H3,(H,21,24)/t17-,18+/m1/s1. The van der Waals surface area contributed by atoms with Gasteiger partial charge in [0.1, 0.15) is 18.5 Å². The summed E-state index contributed by atoms with van der Waals surface area (Å²) in [6.45, 7) is 7.24. The number of imidazole rings is 1. The van der Waals surface area contributed by atoms with Gasteiger partial charge in [0.25, 0.3) is 0 Å². The summed E-state index contributed by atoms with van der Waals surface area (Å²) >= 11 is 0. The van der Waals surface area contributed by atoms with Crippen LogP contribution in [0.4, 0.5) is 0 Å². The number of aliphatic hydroxyl groups excluding tert-OH is 1. The summed E-state index contributed by atoms with van der Waals surface area (Å²) in [6, 6.07) is 0. The van der Waals surface area contributed by atoms with Gasteiger partial charge in [-0.2, -0.15) is 0 Å². The first-order valence-corrected chi connectivity index (χ1v) is 9.78. The van der Waals surface area contributed by atoms with Crippen molar-refractivity contribution in [2.75, 3.05) is 32.9 Å². The summed E-state index contributed by atoms with van der Waals surface area (Å²) in [5.74, 6) is 0.840. The Hall–Kier alpha value is -1.48. The molecule has 2 atom stereocenters.